The predicted octanol–water partition coefficient (Wildman–Crippen LogP) is 2.69. The van der Waals surface area contributed by atoms with Crippen molar-refractivity contribution >= 4 is 34.6 Å². The van der Waals surface area contributed by atoms with E-state index in [-0.39, 0.29) is 22.3 Å². The molecule has 0 bridgehead atoms. The Bertz CT molecular complexity index is 895. The summed E-state index contributed by atoms with van der Waals surface area (Å²) in [7, 11) is 0. The third kappa shape index (κ3) is 1.45. The van der Waals surface area contributed by atoms with Crippen LogP contribution in [0.15, 0.2) is 0 Å². The first-order valence-electron chi connectivity index (χ1n) is 7.38. The van der Waals surface area contributed by atoms with Gasteiger partial charge in [0.15, 0.2) is 0 Å². The molecule has 2 aromatic rings. The van der Waals surface area contributed by atoms with Crippen molar-refractivity contribution in [3.05, 3.63) is 44.5 Å². The lowest BCUT2D eigenvalue weighted by Gasteiger charge is -2.27. The van der Waals surface area contributed by atoms with Gasteiger partial charge in [-0.2, -0.15) is 0 Å². The third-order valence-electron chi connectivity index (χ3n) is 5.06. The van der Waals surface area contributed by atoms with Crippen LogP contribution in [0.25, 0.3) is 10.8 Å². The minimum atomic E-state index is -0.764. The fourth-order valence-electron chi connectivity index (χ4n) is 3.64. The maximum absolute atomic E-state index is 12.3. The highest BCUT2D eigenvalue weighted by Crippen LogP contribution is 2.43. The molecule has 0 unspecified atom stereocenters. The highest BCUT2D eigenvalue weighted by atomic mass is 16.6. The van der Waals surface area contributed by atoms with Crippen LogP contribution in [0.2, 0.25) is 0 Å². The van der Waals surface area contributed by atoms with E-state index in [2.05, 4.69) is 0 Å². The molecule has 0 saturated heterocycles. The molecule has 120 valence electrons. The van der Waals surface area contributed by atoms with Crippen molar-refractivity contribution in [2.24, 2.45) is 0 Å². The lowest BCUT2D eigenvalue weighted by atomic mass is 9.80. The van der Waals surface area contributed by atoms with Crippen molar-refractivity contribution in [2.45, 2.75) is 27.7 Å². The molecule has 0 amide bonds. The van der Waals surface area contributed by atoms with E-state index in [1.165, 1.54) is 0 Å². The van der Waals surface area contributed by atoms with Gasteiger partial charge in [0.2, 0.25) is 0 Å². The molecule has 24 heavy (non-hydrogen) atoms. The van der Waals surface area contributed by atoms with Crippen molar-refractivity contribution in [3.8, 4) is 0 Å². The van der Waals surface area contributed by atoms with Gasteiger partial charge in [0.25, 0.3) is 0 Å². The number of ether oxygens (including phenoxy) is 2. The van der Waals surface area contributed by atoms with Crippen LogP contribution >= 0.6 is 0 Å². The molecular formula is C18H12O6. The standard InChI is InChI=1S/C18H12O6/c1-5-6(2)10-14-12(18(22)24-16(10)20)8(4)7(3)11-13(14)9(5)15(19)23-17(11)21/h1-4H3. The minimum absolute atomic E-state index is 0.229. The summed E-state index contributed by atoms with van der Waals surface area (Å²) in [5.74, 6) is -3.05. The van der Waals surface area contributed by atoms with Crippen LogP contribution in [0, 0.1) is 27.7 Å². The summed E-state index contributed by atoms with van der Waals surface area (Å²) in [5, 5.41) is 0.634. The fraction of sp³-hybridized carbons (Fsp3) is 0.222. The van der Waals surface area contributed by atoms with Crippen LogP contribution in [0.3, 0.4) is 0 Å². The van der Waals surface area contributed by atoms with Gasteiger partial charge in [0.1, 0.15) is 0 Å². The van der Waals surface area contributed by atoms with Gasteiger partial charge < -0.3 is 9.47 Å². The van der Waals surface area contributed by atoms with Gasteiger partial charge >= 0.3 is 23.9 Å². The van der Waals surface area contributed by atoms with Crippen molar-refractivity contribution in [1.29, 1.82) is 0 Å². The van der Waals surface area contributed by atoms with Crippen LogP contribution in [0.5, 0.6) is 0 Å². The number of carbonyl (C=O) groups is 4. The van der Waals surface area contributed by atoms with E-state index in [0.717, 1.165) is 0 Å². The number of benzene rings is 2. The van der Waals surface area contributed by atoms with Gasteiger partial charge in [-0.1, -0.05) is 0 Å². The first kappa shape index (κ1) is 14.6. The van der Waals surface area contributed by atoms with Crippen LogP contribution in [0.1, 0.15) is 63.7 Å². The third-order valence-corrected chi connectivity index (χ3v) is 5.06. The molecule has 0 aromatic heterocycles. The maximum atomic E-state index is 12.3. The van der Waals surface area contributed by atoms with E-state index in [0.29, 0.717) is 33.0 Å². The molecule has 2 aromatic carbocycles. The molecule has 2 aliphatic rings. The van der Waals surface area contributed by atoms with Crippen molar-refractivity contribution in [3.63, 3.8) is 0 Å². The Hall–Kier alpha value is -3.02. The summed E-state index contributed by atoms with van der Waals surface area (Å²) in [6, 6.07) is 0. The molecule has 0 N–H and O–H groups in total. The van der Waals surface area contributed by atoms with Crippen LogP contribution in [-0.2, 0) is 9.47 Å². The Labute approximate surface area is 136 Å². The van der Waals surface area contributed by atoms with Gasteiger partial charge in [-0.05, 0) is 49.9 Å². The molecule has 2 heterocycles. The largest absolute Gasteiger partial charge is 0.386 e. The molecule has 6 heteroatoms. The Morgan fingerprint density at radius 2 is 0.667 bits per heavy atom. The SMILES string of the molecule is Cc1c(C)c2c3c(c(C)c(C)c4c3c1C(=O)OC4=O)C(=O)OC2=O. The zero-order valence-electron chi connectivity index (χ0n) is 13.4. The Kier molecular flexibility index (Phi) is 2.60. The van der Waals surface area contributed by atoms with Crippen molar-refractivity contribution in [2.75, 3.05) is 0 Å². The number of cyclic esters (lactones) is 4. The monoisotopic (exact) mass is 324 g/mol. The lowest BCUT2D eigenvalue weighted by molar-refractivity contribution is 0.0363. The van der Waals surface area contributed by atoms with E-state index in [1.807, 2.05) is 0 Å². The molecule has 0 atom stereocenters. The van der Waals surface area contributed by atoms with Crippen LogP contribution < -0.4 is 0 Å². The highest BCUT2D eigenvalue weighted by molar-refractivity contribution is 6.31. The molecule has 2 aliphatic heterocycles. The predicted molar refractivity (Wildman–Crippen MR) is 82.4 cm³/mol. The van der Waals surface area contributed by atoms with Gasteiger partial charge in [-0.25, -0.2) is 19.2 Å². The highest BCUT2D eigenvalue weighted by Gasteiger charge is 2.40. The normalized spacial score (nSPS) is 15.7. The van der Waals surface area contributed by atoms with E-state index in [4.69, 9.17) is 9.47 Å². The maximum Gasteiger partial charge on any atom is 0.346 e. The van der Waals surface area contributed by atoms with E-state index < -0.39 is 23.9 Å². The number of hydrogen-bond donors (Lipinski definition) is 0. The smallest absolute Gasteiger partial charge is 0.346 e. The Balaban J connectivity index is 2.45. The van der Waals surface area contributed by atoms with E-state index >= 15 is 0 Å². The quantitative estimate of drug-likeness (QED) is 0.547. The van der Waals surface area contributed by atoms with E-state index in [9.17, 15) is 19.2 Å². The van der Waals surface area contributed by atoms with Gasteiger partial charge in [-0.15, -0.1) is 0 Å². The average Bonchev–Trinajstić information content (AvgIpc) is 2.49. The van der Waals surface area contributed by atoms with Gasteiger partial charge in [0, 0.05) is 10.8 Å². The number of esters is 4. The summed E-state index contributed by atoms with van der Waals surface area (Å²) < 4.78 is 9.76. The fourth-order valence-corrected chi connectivity index (χ4v) is 3.64. The van der Waals surface area contributed by atoms with Gasteiger partial charge in [0.05, 0.1) is 22.3 Å². The molecule has 6 nitrogen and oxygen atoms in total. The molecule has 0 aliphatic carbocycles. The Morgan fingerprint density at radius 1 is 0.458 bits per heavy atom. The first-order chi connectivity index (χ1) is 11.3. The zero-order chi connectivity index (χ0) is 17.5. The van der Waals surface area contributed by atoms with Crippen LogP contribution in [-0.4, -0.2) is 23.9 Å². The molecule has 0 spiro atoms. The molecular weight excluding hydrogens is 312 g/mol. The summed E-state index contributed by atoms with van der Waals surface area (Å²) in [4.78, 5) is 49.2. The van der Waals surface area contributed by atoms with Crippen LogP contribution in [0.4, 0.5) is 0 Å². The molecule has 4 rings (SSSR count). The number of hydrogen-bond acceptors (Lipinski definition) is 6. The van der Waals surface area contributed by atoms with Crippen molar-refractivity contribution < 1.29 is 28.7 Å². The summed E-state index contributed by atoms with van der Waals surface area (Å²) in [6.45, 7) is 6.72. The summed E-state index contributed by atoms with van der Waals surface area (Å²) >= 11 is 0. The summed E-state index contributed by atoms with van der Waals surface area (Å²) in [5.41, 5.74) is 3.07. The first-order valence-corrected chi connectivity index (χ1v) is 7.38. The second-order valence-electron chi connectivity index (χ2n) is 6.10. The van der Waals surface area contributed by atoms with E-state index in [1.54, 1.807) is 27.7 Å². The second kappa shape index (κ2) is 4.29. The topological polar surface area (TPSA) is 86.7 Å². The Morgan fingerprint density at radius 3 is 0.875 bits per heavy atom. The average molecular weight is 324 g/mol. The molecule has 0 fully saturated rings. The lowest BCUT2D eigenvalue weighted by Crippen LogP contribution is -2.29. The molecule has 0 radical (unpaired) electrons. The second-order valence-corrected chi connectivity index (χ2v) is 6.10. The van der Waals surface area contributed by atoms with Crippen molar-refractivity contribution in [1.82, 2.24) is 0 Å². The summed E-state index contributed by atoms with van der Waals surface area (Å²) in [6.07, 6.45) is 0. The zero-order valence-corrected chi connectivity index (χ0v) is 13.4. The number of rotatable bonds is 0. The minimum Gasteiger partial charge on any atom is -0.386 e. The molecule has 0 saturated carbocycles. The van der Waals surface area contributed by atoms with Gasteiger partial charge in [-0.3, -0.25) is 0 Å². The number of carbonyl (C=O) groups excluding carboxylic acids is 4.